The number of rotatable bonds is 5. The average Bonchev–Trinajstić information content (AvgIpc) is 3.42. The molecule has 0 spiro atoms. The van der Waals surface area contributed by atoms with E-state index in [0.29, 0.717) is 21.3 Å². The van der Waals surface area contributed by atoms with Crippen LogP contribution < -0.4 is 10.2 Å². The number of methoxy groups -OCH3 is 1. The fraction of sp³-hybridized carbons (Fsp3) is 0.300. The maximum atomic E-state index is 12.8. The van der Waals surface area contributed by atoms with Crippen LogP contribution >= 0.6 is 23.1 Å². The summed E-state index contributed by atoms with van der Waals surface area (Å²) in [5.41, 5.74) is 1.04. The standard InChI is InChI=1S/C20H20N4O3S2/c1-27-19(26)12-5-7-13(8-6-12)21-17(25)15-11-14-16(24-9-3-4-10-24)22-20(28-2)23-18(14)29-15/h5-8,11H,3-4,9-10H2,1-2H3,(H,21,25). The van der Waals surface area contributed by atoms with Gasteiger partial charge >= 0.3 is 5.97 Å². The van der Waals surface area contributed by atoms with E-state index < -0.39 is 5.97 Å². The maximum absolute atomic E-state index is 12.8. The highest BCUT2D eigenvalue weighted by molar-refractivity contribution is 7.98. The van der Waals surface area contributed by atoms with Crippen LogP contribution in [0.15, 0.2) is 35.5 Å². The van der Waals surface area contributed by atoms with Crippen molar-refractivity contribution in [1.29, 1.82) is 0 Å². The number of ether oxygens (including phenoxy) is 1. The molecular weight excluding hydrogens is 408 g/mol. The molecule has 0 radical (unpaired) electrons. The summed E-state index contributed by atoms with van der Waals surface area (Å²) in [6.45, 7) is 1.95. The normalized spacial score (nSPS) is 13.7. The molecule has 29 heavy (non-hydrogen) atoms. The van der Waals surface area contributed by atoms with E-state index in [2.05, 4.69) is 19.9 Å². The molecule has 1 aliphatic rings. The summed E-state index contributed by atoms with van der Waals surface area (Å²) in [6.07, 6.45) is 4.26. The Bertz CT molecular complexity index is 1060. The summed E-state index contributed by atoms with van der Waals surface area (Å²) in [6, 6.07) is 8.47. The molecule has 1 N–H and O–H groups in total. The van der Waals surface area contributed by atoms with Gasteiger partial charge in [-0.25, -0.2) is 14.8 Å². The van der Waals surface area contributed by atoms with Gasteiger partial charge in [-0.1, -0.05) is 11.8 Å². The lowest BCUT2D eigenvalue weighted by molar-refractivity contribution is 0.0600. The zero-order valence-corrected chi connectivity index (χ0v) is 17.7. The molecule has 3 heterocycles. The zero-order valence-electron chi connectivity index (χ0n) is 16.1. The lowest BCUT2D eigenvalue weighted by Crippen LogP contribution is -2.19. The van der Waals surface area contributed by atoms with E-state index in [-0.39, 0.29) is 5.91 Å². The summed E-state index contributed by atoms with van der Waals surface area (Å²) in [4.78, 5) is 37.3. The number of aromatic nitrogens is 2. The molecule has 4 rings (SSSR count). The van der Waals surface area contributed by atoms with Gasteiger partial charge in [-0.15, -0.1) is 11.3 Å². The number of hydrogen-bond acceptors (Lipinski definition) is 8. The van der Waals surface area contributed by atoms with Crippen LogP contribution in [0.4, 0.5) is 11.5 Å². The Labute approximate surface area is 176 Å². The third-order valence-electron chi connectivity index (χ3n) is 4.73. The molecule has 0 unspecified atom stereocenters. The van der Waals surface area contributed by atoms with E-state index in [9.17, 15) is 9.59 Å². The molecule has 1 aromatic carbocycles. The van der Waals surface area contributed by atoms with Crippen LogP contribution in [0.5, 0.6) is 0 Å². The minimum atomic E-state index is -0.412. The van der Waals surface area contributed by atoms with Gasteiger partial charge in [0, 0.05) is 18.8 Å². The molecule has 0 bridgehead atoms. The number of carbonyl (C=O) groups is 2. The van der Waals surface area contributed by atoms with E-state index >= 15 is 0 Å². The van der Waals surface area contributed by atoms with Crippen molar-refractivity contribution in [3.8, 4) is 0 Å². The first-order valence-electron chi connectivity index (χ1n) is 9.19. The first kappa shape index (κ1) is 19.7. The first-order chi connectivity index (χ1) is 14.1. The monoisotopic (exact) mass is 428 g/mol. The van der Waals surface area contributed by atoms with Gasteiger partial charge in [-0.3, -0.25) is 4.79 Å². The van der Waals surface area contributed by atoms with Crippen molar-refractivity contribution in [3.05, 3.63) is 40.8 Å². The van der Waals surface area contributed by atoms with Crippen LogP contribution in [0.2, 0.25) is 0 Å². The van der Waals surface area contributed by atoms with Crippen molar-refractivity contribution >= 4 is 56.7 Å². The number of anilines is 2. The predicted molar refractivity (Wildman–Crippen MR) is 116 cm³/mol. The Morgan fingerprint density at radius 1 is 1.17 bits per heavy atom. The summed E-state index contributed by atoms with van der Waals surface area (Å²) in [5, 5.41) is 4.51. The first-order valence-corrected chi connectivity index (χ1v) is 11.2. The highest BCUT2D eigenvalue weighted by Crippen LogP contribution is 2.34. The molecule has 2 aromatic heterocycles. The number of thioether (sulfide) groups is 1. The molecule has 1 aliphatic heterocycles. The second-order valence-corrected chi connectivity index (χ2v) is 8.38. The number of amides is 1. The SMILES string of the molecule is COC(=O)c1ccc(NC(=O)c2cc3c(N4CCCC4)nc(SC)nc3s2)cc1. The fourth-order valence-corrected chi connectivity index (χ4v) is 4.60. The molecule has 1 saturated heterocycles. The van der Waals surface area contributed by atoms with Crippen molar-refractivity contribution in [1.82, 2.24) is 9.97 Å². The highest BCUT2D eigenvalue weighted by Gasteiger charge is 2.21. The quantitative estimate of drug-likeness (QED) is 0.373. The smallest absolute Gasteiger partial charge is 0.337 e. The Morgan fingerprint density at radius 3 is 2.55 bits per heavy atom. The number of carbonyl (C=O) groups excluding carboxylic acids is 2. The van der Waals surface area contributed by atoms with Crippen molar-refractivity contribution < 1.29 is 14.3 Å². The number of benzene rings is 1. The third kappa shape index (κ3) is 4.06. The third-order valence-corrected chi connectivity index (χ3v) is 6.30. The van der Waals surface area contributed by atoms with Gasteiger partial charge in [0.2, 0.25) is 0 Å². The van der Waals surface area contributed by atoms with E-state index in [0.717, 1.165) is 42.0 Å². The van der Waals surface area contributed by atoms with Gasteiger partial charge in [-0.2, -0.15) is 0 Å². The number of fused-ring (bicyclic) bond motifs is 1. The molecule has 150 valence electrons. The highest BCUT2D eigenvalue weighted by atomic mass is 32.2. The van der Waals surface area contributed by atoms with E-state index in [1.807, 2.05) is 12.3 Å². The van der Waals surface area contributed by atoms with Gasteiger partial charge in [-0.05, 0) is 49.4 Å². The number of nitrogens with zero attached hydrogens (tertiary/aromatic N) is 3. The number of esters is 1. The van der Waals surface area contributed by atoms with Gasteiger partial charge in [0.1, 0.15) is 10.6 Å². The Morgan fingerprint density at radius 2 is 1.90 bits per heavy atom. The fourth-order valence-electron chi connectivity index (χ4n) is 3.26. The summed E-state index contributed by atoms with van der Waals surface area (Å²) in [5.74, 6) is 0.288. The molecule has 0 atom stereocenters. The number of nitrogens with one attached hydrogen (secondary N) is 1. The zero-order chi connectivity index (χ0) is 20.4. The van der Waals surface area contributed by atoms with Crippen LogP contribution in [-0.4, -0.2) is 48.3 Å². The van der Waals surface area contributed by atoms with Crippen molar-refractivity contribution in [2.75, 3.05) is 36.7 Å². The molecule has 1 amide bonds. The molecule has 0 saturated carbocycles. The average molecular weight is 429 g/mol. The van der Waals surface area contributed by atoms with E-state index in [4.69, 9.17) is 4.98 Å². The van der Waals surface area contributed by atoms with Gasteiger partial charge in [0.05, 0.1) is 22.9 Å². The molecular formula is C20H20N4O3S2. The molecule has 1 fully saturated rings. The van der Waals surface area contributed by atoms with Crippen LogP contribution in [0.3, 0.4) is 0 Å². The van der Waals surface area contributed by atoms with Crippen LogP contribution in [0.1, 0.15) is 32.9 Å². The minimum Gasteiger partial charge on any atom is -0.465 e. The van der Waals surface area contributed by atoms with Crippen LogP contribution in [0, 0.1) is 0 Å². The maximum Gasteiger partial charge on any atom is 0.337 e. The van der Waals surface area contributed by atoms with E-state index in [1.54, 1.807) is 24.3 Å². The van der Waals surface area contributed by atoms with Gasteiger partial charge in [0.15, 0.2) is 5.16 Å². The van der Waals surface area contributed by atoms with Crippen molar-refractivity contribution in [2.24, 2.45) is 0 Å². The lowest BCUT2D eigenvalue weighted by Gasteiger charge is -2.17. The van der Waals surface area contributed by atoms with Gasteiger partial charge < -0.3 is 15.0 Å². The van der Waals surface area contributed by atoms with Crippen LogP contribution in [0.25, 0.3) is 10.2 Å². The molecule has 0 aliphatic carbocycles. The van der Waals surface area contributed by atoms with Crippen molar-refractivity contribution in [3.63, 3.8) is 0 Å². The summed E-state index contributed by atoms with van der Waals surface area (Å²) >= 11 is 2.86. The Balaban J connectivity index is 1.61. The molecule has 9 heteroatoms. The van der Waals surface area contributed by atoms with Crippen LogP contribution in [-0.2, 0) is 4.74 Å². The summed E-state index contributed by atoms with van der Waals surface area (Å²) < 4.78 is 4.69. The van der Waals surface area contributed by atoms with E-state index in [1.165, 1.54) is 30.2 Å². The largest absolute Gasteiger partial charge is 0.465 e. The van der Waals surface area contributed by atoms with Crippen molar-refractivity contribution in [2.45, 2.75) is 18.0 Å². The van der Waals surface area contributed by atoms with Gasteiger partial charge in [0.25, 0.3) is 5.91 Å². The minimum absolute atomic E-state index is 0.211. The predicted octanol–water partition coefficient (Wildman–Crippen LogP) is 4.05. The second kappa shape index (κ2) is 8.38. The molecule has 7 nitrogen and oxygen atoms in total. The Hall–Kier alpha value is -2.65. The Kier molecular flexibility index (Phi) is 5.68. The topological polar surface area (TPSA) is 84.4 Å². The number of thiophene rings is 1. The lowest BCUT2D eigenvalue weighted by atomic mass is 10.2. The molecule has 3 aromatic rings. The number of hydrogen-bond donors (Lipinski definition) is 1. The summed E-state index contributed by atoms with van der Waals surface area (Å²) in [7, 11) is 1.33. The second-order valence-electron chi connectivity index (χ2n) is 6.58.